The highest BCUT2D eigenvalue weighted by Gasteiger charge is 2.51. The number of hydrogen-bond donors (Lipinski definition) is 1. The second-order valence-corrected chi connectivity index (χ2v) is 11.2. The Labute approximate surface area is 181 Å². The van der Waals surface area contributed by atoms with Crippen LogP contribution in [0.15, 0.2) is 18.2 Å². The molecule has 0 spiro atoms. The molecule has 0 aromatic heterocycles. The maximum absolute atomic E-state index is 12.9. The van der Waals surface area contributed by atoms with Crippen LogP contribution in [0.1, 0.15) is 65.5 Å². The van der Waals surface area contributed by atoms with Crippen molar-refractivity contribution < 1.29 is 35.3 Å². The van der Waals surface area contributed by atoms with Crippen LogP contribution < -0.4 is 9.50 Å². The standard InChI is InChI=1S/C21H30F3NO5S/c1-18(2,3)29-17(26)25-13-12-20(6)16-14(10-11-19(20,4)5)8-7-9-15(16)30-31(27,28)21(22,23)24/h7-9H,10-13H2,1-6H3,(H,25,26). The highest BCUT2D eigenvalue weighted by atomic mass is 32.2. The molecular formula is C21H30F3NO5S. The van der Waals surface area contributed by atoms with Crippen LogP contribution in [0.2, 0.25) is 0 Å². The van der Waals surface area contributed by atoms with Gasteiger partial charge in [-0.15, -0.1) is 0 Å². The van der Waals surface area contributed by atoms with Gasteiger partial charge in [-0.25, -0.2) is 4.79 Å². The SMILES string of the molecule is CC(C)(C)OC(=O)NCCC1(C)c2c(cccc2OS(=O)(=O)C(F)(F)F)CCC1(C)C. The Hall–Kier alpha value is -1.97. The number of carbonyl (C=O) groups is 1. The molecule has 1 aromatic carbocycles. The minimum atomic E-state index is -5.82. The number of carbonyl (C=O) groups excluding carboxylic acids is 1. The number of halogens is 3. The number of alkyl carbamates (subject to hydrolysis) is 1. The van der Waals surface area contributed by atoms with Crippen LogP contribution in [-0.4, -0.2) is 32.2 Å². The molecule has 31 heavy (non-hydrogen) atoms. The Balaban J connectivity index is 2.40. The second-order valence-electron chi connectivity index (χ2n) is 9.67. The molecule has 1 aliphatic rings. The molecule has 0 saturated carbocycles. The predicted molar refractivity (Wildman–Crippen MR) is 110 cm³/mol. The van der Waals surface area contributed by atoms with Crippen LogP contribution >= 0.6 is 0 Å². The number of ether oxygens (including phenoxy) is 1. The third-order valence-electron chi connectivity index (χ3n) is 5.95. The molecule has 0 saturated heterocycles. The maximum atomic E-state index is 12.9. The van der Waals surface area contributed by atoms with Gasteiger partial charge < -0.3 is 14.2 Å². The lowest BCUT2D eigenvalue weighted by molar-refractivity contribution is -0.0501. The number of rotatable bonds is 5. The van der Waals surface area contributed by atoms with E-state index >= 15 is 0 Å². The van der Waals surface area contributed by atoms with Gasteiger partial charge >= 0.3 is 21.7 Å². The first kappa shape index (κ1) is 25.3. The summed E-state index contributed by atoms with van der Waals surface area (Å²) in [5.41, 5.74) is -6.23. The summed E-state index contributed by atoms with van der Waals surface area (Å²) in [5.74, 6) is -0.331. The highest BCUT2D eigenvalue weighted by molar-refractivity contribution is 7.88. The summed E-state index contributed by atoms with van der Waals surface area (Å²) in [6.07, 6.45) is 1.05. The average Bonchev–Trinajstić information content (AvgIpc) is 2.56. The van der Waals surface area contributed by atoms with Gasteiger partial charge in [-0.2, -0.15) is 21.6 Å². The van der Waals surface area contributed by atoms with Crippen LogP contribution in [0.25, 0.3) is 0 Å². The zero-order chi connectivity index (χ0) is 23.9. The Bertz CT molecular complexity index is 935. The largest absolute Gasteiger partial charge is 0.534 e. The van der Waals surface area contributed by atoms with Crippen molar-refractivity contribution in [1.29, 1.82) is 0 Å². The molecule has 1 aliphatic carbocycles. The van der Waals surface area contributed by atoms with E-state index in [1.54, 1.807) is 26.8 Å². The molecule has 176 valence electrons. The summed E-state index contributed by atoms with van der Waals surface area (Å²) < 4.78 is 72.0. The van der Waals surface area contributed by atoms with E-state index in [0.29, 0.717) is 18.4 Å². The Morgan fingerprint density at radius 2 is 1.77 bits per heavy atom. The molecule has 6 nitrogen and oxygen atoms in total. The predicted octanol–water partition coefficient (Wildman–Crippen LogP) is 5.06. The number of fused-ring (bicyclic) bond motifs is 1. The Morgan fingerprint density at radius 1 is 1.16 bits per heavy atom. The van der Waals surface area contributed by atoms with Crippen molar-refractivity contribution in [2.24, 2.45) is 5.41 Å². The lowest BCUT2D eigenvalue weighted by Crippen LogP contribution is -2.46. The van der Waals surface area contributed by atoms with Crippen LogP contribution in [0.3, 0.4) is 0 Å². The van der Waals surface area contributed by atoms with Gasteiger partial charge in [0.05, 0.1) is 0 Å². The van der Waals surface area contributed by atoms with Crippen molar-refractivity contribution >= 4 is 16.2 Å². The van der Waals surface area contributed by atoms with E-state index in [4.69, 9.17) is 4.74 Å². The summed E-state index contributed by atoms with van der Waals surface area (Å²) in [4.78, 5) is 12.0. The van der Waals surface area contributed by atoms with Gasteiger partial charge in [0.1, 0.15) is 11.4 Å². The zero-order valence-corrected chi connectivity index (χ0v) is 19.5. The molecule has 1 unspecified atom stereocenters. The second kappa shape index (κ2) is 8.18. The summed E-state index contributed by atoms with van der Waals surface area (Å²) >= 11 is 0. The molecule has 1 N–H and O–H groups in total. The van der Waals surface area contributed by atoms with E-state index in [-0.39, 0.29) is 12.3 Å². The summed E-state index contributed by atoms with van der Waals surface area (Å²) in [5, 5.41) is 2.67. The minimum absolute atomic E-state index is 0.189. The molecule has 0 heterocycles. The molecule has 0 radical (unpaired) electrons. The van der Waals surface area contributed by atoms with Gasteiger partial charge in [0.2, 0.25) is 0 Å². The van der Waals surface area contributed by atoms with E-state index in [9.17, 15) is 26.4 Å². The molecule has 2 rings (SSSR count). The van der Waals surface area contributed by atoms with Gasteiger partial charge in [-0.1, -0.05) is 32.9 Å². The lowest BCUT2D eigenvalue weighted by Gasteiger charge is -2.50. The zero-order valence-electron chi connectivity index (χ0n) is 18.6. The first-order valence-electron chi connectivity index (χ1n) is 10.00. The third-order valence-corrected chi connectivity index (χ3v) is 6.92. The van der Waals surface area contributed by atoms with Crippen molar-refractivity contribution in [3.8, 4) is 5.75 Å². The van der Waals surface area contributed by atoms with Crippen molar-refractivity contribution in [2.75, 3.05) is 6.54 Å². The molecule has 0 fully saturated rings. The number of benzene rings is 1. The molecule has 1 aromatic rings. The van der Waals surface area contributed by atoms with Gasteiger partial charge in [0.15, 0.2) is 0 Å². The number of nitrogens with one attached hydrogen (secondary N) is 1. The molecule has 1 atom stereocenters. The molecule has 0 aliphatic heterocycles. The van der Waals surface area contributed by atoms with Crippen molar-refractivity contribution in [3.63, 3.8) is 0 Å². The van der Waals surface area contributed by atoms with Gasteiger partial charge in [0.25, 0.3) is 0 Å². The van der Waals surface area contributed by atoms with Crippen molar-refractivity contribution in [1.82, 2.24) is 5.32 Å². The van der Waals surface area contributed by atoms with Gasteiger partial charge in [-0.05, 0) is 57.1 Å². The normalized spacial score (nSPS) is 21.2. The summed E-state index contributed by atoms with van der Waals surface area (Å²) in [6, 6.07) is 4.48. The van der Waals surface area contributed by atoms with Gasteiger partial charge in [0, 0.05) is 17.5 Å². The van der Waals surface area contributed by atoms with Crippen molar-refractivity contribution in [3.05, 3.63) is 29.3 Å². The monoisotopic (exact) mass is 465 g/mol. The average molecular weight is 466 g/mol. The Morgan fingerprint density at radius 3 is 2.32 bits per heavy atom. The first-order valence-corrected chi connectivity index (χ1v) is 11.4. The summed E-state index contributed by atoms with van der Waals surface area (Å²) in [7, 11) is -5.82. The fourth-order valence-corrected chi connectivity index (χ4v) is 4.37. The molecule has 0 bridgehead atoms. The molecule has 10 heteroatoms. The smallest absolute Gasteiger partial charge is 0.444 e. The first-order chi connectivity index (χ1) is 13.9. The van der Waals surface area contributed by atoms with E-state index < -0.39 is 38.2 Å². The fourth-order valence-electron chi connectivity index (χ4n) is 3.90. The third kappa shape index (κ3) is 5.45. The number of alkyl halides is 3. The molecular weight excluding hydrogens is 435 g/mol. The minimum Gasteiger partial charge on any atom is -0.444 e. The van der Waals surface area contributed by atoms with E-state index in [2.05, 4.69) is 9.50 Å². The van der Waals surface area contributed by atoms with E-state index in [1.807, 2.05) is 20.8 Å². The highest BCUT2D eigenvalue weighted by Crippen LogP contribution is 2.54. The molecule has 1 amide bonds. The quantitative estimate of drug-likeness (QED) is 0.486. The maximum Gasteiger partial charge on any atom is 0.534 e. The van der Waals surface area contributed by atoms with Gasteiger partial charge in [-0.3, -0.25) is 0 Å². The van der Waals surface area contributed by atoms with E-state index in [1.165, 1.54) is 12.1 Å². The van der Waals surface area contributed by atoms with Crippen LogP contribution in [0, 0.1) is 5.41 Å². The lowest BCUT2D eigenvalue weighted by atomic mass is 9.55. The van der Waals surface area contributed by atoms with Crippen LogP contribution in [-0.2, 0) is 26.7 Å². The van der Waals surface area contributed by atoms with Crippen LogP contribution in [0.5, 0.6) is 5.75 Å². The summed E-state index contributed by atoms with van der Waals surface area (Å²) in [6.45, 7) is 11.2. The number of aryl methyl sites for hydroxylation is 1. The number of amides is 1. The van der Waals surface area contributed by atoms with Crippen molar-refractivity contribution in [2.45, 2.75) is 77.3 Å². The Kier molecular flexibility index (Phi) is 6.68. The topological polar surface area (TPSA) is 81.7 Å². The fraction of sp³-hybridized carbons (Fsp3) is 0.667. The van der Waals surface area contributed by atoms with E-state index in [0.717, 1.165) is 12.0 Å². The van der Waals surface area contributed by atoms with Crippen LogP contribution in [0.4, 0.5) is 18.0 Å². The number of hydrogen-bond acceptors (Lipinski definition) is 5.